The van der Waals surface area contributed by atoms with E-state index in [1.165, 1.54) is 0 Å². The summed E-state index contributed by atoms with van der Waals surface area (Å²) in [6.07, 6.45) is -0.637. The lowest BCUT2D eigenvalue weighted by molar-refractivity contribution is -0.122. The third kappa shape index (κ3) is 3.29. The fourth-order valence-corrected chi connectivity index (χ4v) is 3.55. The fourth-order valence-electron chi connectivity index (χ4n) is 3.55. The molecule has 4 aromatic carbocycles. The zero-order chi connectivity index (χ0) is 19.8. The maximum absolute atomic E-state index is 12.6. The largest absolute Gasteiger partial charge is 0.481 e. The molecule has 0 aliphatic heterocycles. The highest BCUT2D eigenvalue weighted by Gasteiger charge is 2.16. The molecule has 0 saturated heterocycles. The number of nitrogens with one attached hydrogen (secondary N) is 1. The van der Waals surface area contributed by atoms with Crippen LogP contribution in [0.15, 0.2) is 89.3 Å². The van der Waals surface area contributed by atoms with E-state index in [1.807, 2.05) is 84.9 Å². The van der Waals surface area contributed by atoms with Gasteiger partial charge in [0.25, 0.3) is 5.91 Å². The van der Waals surface area contributed by atoms with Crippen LogP contribution in [0.5, 0.6) is 5.75 Å². The van der Waals surface area contributed by atoms with E-state index < -0.39 is 6.10 Å². The van der Waals surface area contributed by atoms with Gasteiger partial charge >= 0.3 is 0 Å². The quantitative estimate of drug-likeness (QED) is 0.406. The Balaban J connectivity index is 1.33. The van der Waals surface area contributed by atoms with Crippen molar-refractivity contribution in [3.8, 4) is 5.75 Å². The first-order chi connectivity index (χ1) is 14.2. The Morgan fingerprint density at radius 1 is 0.828 bits per heavy atom. The van der Waals surface area contributed by atoms with Gasteiger partial charge in [0.15, 0.2) is 6.10 Å². The maximum atomic E-state index is 12.6. The minimum atomic E-state index is -0.637. The van der Waals surface area contributed by atoms with Crippen molar-refractivity contribution in [3.05, 3.63) is 84.9 Å². The number of carbonyl (C=O) groups is 1. The van der Waals surface area contributed by atoms with Crippen molar-refractivity contribution < 1.29 is 13.9 Å². The molecule has 5 rings (SSSR count). The second-order valence-corrected chi connectivity index (χ2v) is 7.07. The Morgan fingerprint density at radius 2 is 1.59 bits per heavy atom. The molecule has 142 valence electrons. The second-order valence-electron chi connectivity index (χ2n) is 7.07. The highest BCUT2D eigenvalue weighted by atomic mass is 16.5. The molecule has 4 heteroatoms. The van der Waals surface area contributed by atoms with Gasteiger partial charge in [-0.1, -0.05) is 48.5 Å². The Hall–Kier alpha value is -3.79. The number of anilines is 1. The van der Waals surface area contributed by atoms with Gasteiger partial charge in [-0.15, -0.1) is 0 Å². The van der Waals surface area contributed by atoms with Crippen LogP contribution < -0.4 is 10.1 Å². The van der Waals surface area contributed by atoms with Crippen molar-refractivity contribution in [1.29, 1.82) is 0 Å². The molecule has 1 N–H and O–H groups in total. The van der Waals surface area contributed by atoms with Crippen LogP contribution >= 0.6 is 0 Å². The van der Waals surface area contributed by atoms with Gasteiger partial charge < -0.3 is 14.5 Å². The summed E-state index contributed by atoms with van der Waals surface area (Å²) in [6, 6.07) is 27.4. The third-order valence-electron chi connectivity index (χ3n) is 5.05. The van der Waals surface area contributed by atoms with Crippen LogP contribution in [0.1, 0.15) is 6.92 Å². The van der Waals surface area contributed by atoms with E-state index in [0.29, 0.717) is 11.4 Å². The van der Waals surface area contributed by atoms with Gasteiger partial charge in [-0.25, -0.2) is 0 Å². The summed E-state index contributed by atoms with van der Waals surface area (Å²) in [7, 11) is 0. The van der Waals surface area contributed by atoms with Gasteiger partial charge in [0.1, 0.15) is 16.9 Å². The number of hydrogen-bond donors (Lipinski definition) is 1. The molecule has 0 unspecified atom stereocenters. The van der Waals surface area contributed by atoms with Gasteiger partial charge in [-0.2, -0.15) is 0 Å². The van der Waals surface area contributed by atoms with Crippen molar-refractivity contribution in [3.63, 3.8) is 0 Å². The van der Waals surface area contributed by atoms with E-state index in [0.717, 1.165) is 32.7 Å². The summed E-state index contributed by atoms with van der Waals surface area (Å²) in [5, 5.41) is 7.21. The average molecular weight is 381 g/mol. The Labute approximate surface area is 167 Å². The normalized spacial score (nSPS) is 12.3. The second kappa shape index (κ2) is 6.99. The maximum Gasteiger partial charge on any atom is 0.265 e. The van der Waals surface area contributed by atoms with Crippen molar-refractivity contribution in [2.24, 2.45) is 0 Å². The van der Waals surface area contributed by atoms with Crippen molar-refractivity contribution in [2.45, 2.75) is 13.0 Å². The number of para-hydroxylation sites is 1. The predicted molar refractivity (Wildman–Crippen MR) is 116 cm³/mol. The van der Waals surface area contributed by atoms with Crippen molar-refractivity contribution in [2.75, 3.05) is 5.32 Å². The summed E-state index contributed by atoms with van der Waals surface area (Å²) < 4.78 is 11.7. The number of hydrogen-bond acceptors (Lipinski definition) is 3. The molecule has 1 atom stereocenters. The molecule has 0 radical (unpaired) electrons. The predicted octanol–water partition coefficient (Wildman–Crippen LogP) is 6.15. The minimum Gasteiger partial charge on any atom is -0.481 e. The molecule has 1 aromatic heterocycles. The lowest BCUT2D eigenvalue weighted by Gasteiger charge is -2.15. The van der Waals surface area contributed by atoms with E-state index in [2.05, 4.69) is 5.32 Å². The smallest absolute Gasteiger partial charge is 0.265 e. The molecule has 0 spiro atoms. The summed E-state index contributed by atoms with van der Waals surface area (Å²) in [5.41, 5.74) is 2.25. The Morgan fingerprint density at radius 3 is 2.48 bits per heavy atom. The van der Waals surface area contributed by atoms with Crippen molar-refractivity contribution in [1.82, 2.24) is 0 Å². The number of rotatable bonds is 4. The highest BCUT2D eigenvalue weighted by molar-refractivity contribution is 6.06. The van der Waals surface area contributed by atoms with Gasteiger partial charge in [0.05, 0.1) is 0 Å². The van der Waals surface area contributed by atoms with E-state index in [4.69, 9.17) is 9.15 Å². The molecule has 4 nitrogen and oxygen atoms in total. The van der Waals surface area contributed by atoms with Crippen LogP contribution in [-0.2, 0) is 4.79 Å². The molecule has 0 saturated carbocycles. The Bertz CT molecular complexity index is 1350. The molecule has 29 heavy (non-hydrogen) atoms. The zero-order valence-electron chi connectivity index (χ0n) is 15.9. The van der Waals surface area contributed by atoms with Crippen LogP contribution in [0.2, 0.25) is 0 Å². The Kier molecular flexibility index (Phi) is 4.17. The lowest BCUT2D eigenvalue weighted by atomic mass is 10.1. The topological polar surface area (TPSA) is 51.5 Å². The molecule has 0 bridgehead atoms. The molecule has 5 aromatic rings. The van der Waals surface area contributed by atoms with Crippen molar-refractivity contribution >= 4 is 44.3 Å². The standard InChI is InChI=1S/C25H19NO3/c1-16(28-20-12-10-17-6-2-3-7-18(17)14-20)25(27)26-19-11-13-22-21-8-4-5-9-23(21)29-24(22)15-19/h2-16H,1H3,(H,26,27)/t16-/m1/s1. The SMILES string of the molecule is C[C@@H](Oc1ccc2ccccc2c1)C(=O)Nc1ccc2c(c1)oc1ccccc12. The number of benzene rings is 4. The van der Waals surface area contributed by atoms with Gasteiger partial charge in [-0.05, 0) is 48.0 Å². The highest BCUT2D eigenvalue weighted by Crippen LogP contribution is 2.30. The van der Waals surface area contributed by atoms with Crippen LogP contribution in [0.3, 0.4) is 0 Å². The average Bonchev–Trinajstić information content (AvgIpc) is 3.11. The molecule has 0 fully saturated rings. The fraction of sp³-hybridized carbons (Fsp3) is 0.0800. The number of furan rings is 1. The lowest BCUT2D eigenvalue weighted by Crippen LogP contribution is -2.30. The monoisotopic (exact) mass is 381 g/mol. The number of ether oxygens (including phenoxy) is 1. The van der Waals surface area contributed by atoms with E-state index in [-0.39, 0.29) is 5.91 Å². The molecule has 1 amide bonds. The summed E-state index contributed by atoms with van der Waals surface area (Å²) in [6.45, 7) is 1.74. The summed E-state index contributed by atoms with van der Waals surface area (Å²) >= 11 is 0. The minimum absolute atomic E-state index is 0.214. The zero-order valence-corrected chi connectivity index (χ0v) is 15.9. The molecular formula is C25H19NO3. The van der Waals surface area contributed by atoms with Crippen LogP contribution in [0.4, 0.5) is 5.69 Å². The van der Waals surface area contributed by atoms with E-state index in [1.54, 1.807) is 6.92 Å². The third-order valence-corrected chi connectivity index (χ3v) is 5.05. The first-order valence-corrected chi connectivity index (χ1v) is 9.55. The first kappa shape index (κ1) is 17.3. The van der Waals surface area contributed by atoms with Crippen LogP contribution in [0.25, 0.3) is 32.7 Å². The number of amides is 1. The van der Waals surface area contributed by atoms with Gasteiger partial charge in [0, 0.05) is 22.5 Å². The summed E-state index contributed by atoms with van der Waals surface area (Å²) in [4.78, 5) is 12.6. The number of carbonyl (C=O) groups excluding carboxylic acids is 1. The first-order valence-electron chi connectivity index (χ1n) is 9.55. The van der Waals surface area contributed by atoms with E-state index in [9.17, 15) is 4.79 Å². The van der Waals surface area contributed by atoms with E-state index >= 15 is 0 Å². The van der Waals surface area contributed by atoms with Gasteiger partial charge in [-0.3, -0.25) is 4.79 Å². The van der Waals surface area contributed by atoms with Gasteiger partial charge in [0.2, 0.25) is 0 Å². The molecule has 0 aliphatic carbocycles. The molecule has 0 aliphatic rings. The summed E-state index contributed by atoms with van der Waals surface area (Å²) in [5.74, 6) is 0.452. The molecule has 1 heterocycles. The molecular weight excluding hydrogens is 362 g/mol. The van der Waals surface area contributed by atoms with Crippen LogP contribution in [0, 0.1) is 0 Å². The number of fused-ring (bicyclic) bond motifs is 4. The van der Waals surface area contributed by atoms with Crippen LogP contribution in [-0.4, -0.2) is 12.0 Å².